The maximum Gasteiger partial charge on any atom is 0.243 e. The first-order valence-electron chi connectivity index (χ1n) is 2.53. The lowest BCUT2D eigenvalue weighted by atomic mass is 10.4. The van der Waals surface area contributed by atoms with Crippen LogP contribution in [0.1, 0.15) is 5.69 Å². The Morgan fingerprint density at radius 2 is 2.56 bits per heavy atom. The molecular weight excluding hydrogens is 120 g/mol. The number of aromatic nitrogens is 1. The van der Waals surface area contributed by atoms with Gasteiger partial charge in [0.1, 0.15) is 0 Å². The Bertz CT molecular complexity index is 193. The largest absolute Gasteiger partial charge is 0.360 e. The SMILES string of the molecule is O=[N+]([O-])Cc1ccc[nH]1. The third kappa shape index (κ3) is 1.56. The van der Waals surface area contributed by atoms with E-state index in [4.69, 9.17) is 0 Å². The zero-order chi connectivity index (χ0) is 6.69. The number of nitrogens with one attached hydrogen (secondary N) is 1. The molecule has 0 aromatic carbocycles. The van der Waals surface area contributed by atoms with Crippen LogP contribution in [0.15, 0.2) is 18.3 Å². The molecule has 0 unspecified atom stereocenters. The van der Waals surface area contributed by atoms with Gasteiger partial charge in [-0.25, -0.2) is 0 Å². The Hall–Kier alpha value is -1.32. The maximum absolute atomic E-state index is 9.85. The fourth-order valence-electron chi connectivity index (χ4n) is 0.605. The molecule has 1 rings (SSSR count). The molecule has 1 aromatic rings. The second-order valence-corrected chi connectivity index (χ2v) is 1.69. The minimum absolute atomic E-state index is 0.118. The number of aromatic amines is 1. The van der Waals surface area contributed by atoms with E-state index < -0.39 is 0 Å². The number of nitro groups is 1. The van der Waals surface area contributed by atoms with Crippen molar-refractivity contribution >= 4 is 0 Å². The molecule has 0 aliphatic rings. The fraction of sp³-hybridized carbons (Fsp3) is 0.200. The molecule has 0 aliphatic heterocycles. The highest BCUT2D eigenvalue weighted by Gasteiger charge is 1.98. The van der Waals surface area contributed by atoms with Crippen LogP contribution in [0.5, 0.6) is 0 Å². The van der Waals surface area contributed by atoms with Gasteiger partial charge in [-0.15, -0.1) is 0 Å². The summed E-state index contributed by atoms with van der Waals surface area (Å²) in [4.78, 5) is 12.2. The maximum atomic E-state index is 9.85. The molecule has 0 amide bonds. The zero-order valence-electron chi connectivity index (χ0n) is 4.70. The first-order valence-corrected chi connectivity index (χ1v) is 2.53. The van der Waals surface area contributed by atoms with E-state index in [0.717, 1.165) is 0 Å². The van der Waals surface area contributed by atoms with Gasteiger partial charge in [0, 0.05) is 11.1 Å². The summed E-state index contributed by atoms with van der Waals surface area (Å²) in [5.41, 5.74) is 0.639. The molecular formula is C5H6N2O2. The van der Waals surface area contributed by atoms with Crippen molar-refractivity contribution in [2.24, 2.45) is 0 Å². The van der Waals surface area contributed by atoms with E-state index in [9.17, 15) is 10.1 Å². The molecule has 0 atom stereocenters. The van der Waals surface area contributed by atoms with Crippen molar-refractivity contribution in [2.45, 2.75) is 6.54 Å². The molecule has 48 valence electrons. The number of rotatable bonds is 2. The van der Waals surface area contributed by atoms with Gasteiger partial charge in [-0.1, -0.05) is 0 Å². The van der Waals surface area contributed by atoms with E-state index in [1.807, 2.05) is 0 Å². The van der Waals surface area contributed by atoms with Crippen LogP contribution in [0.3, 0.4) is 0 Å². The third-order valence-corrected chi connectivity index (χ3v) is 0.962. The Morgan fingerprint density at radius 1 is 1.78 bits per heavy atom. The molecule has 1 aromatic heterocycles. The van der Waals surface area contributed by atoms with Gasteiger partial charge in [-0.3, -0.25) is 10.1 Å². The van der Waals surface area contributed by atoms with Crippen molar-refractivity contribution in [1.82, 2.24) is 4.98 Å². The van der Waals surface area contributed by atoms with E-state index in [0.29, 0.717) is 5.69 Å². The van der Waals surface area contributed by atoms with E-state index in [1.54, 1.807) is 18.3 Å². The van der Waals surface area contributed by atoms with Crippen LogP contribution in [-0.4, -0.2) is 9.91 Å². The van der Waals surface area contributed by atoms with Crippen molar-refractivity contribution in [1.29, 1.82) is 0 Å². The molecule has 0 fully saturated rings. The number of nitrogens with zero attached hydrogens (tertiary/aromatic N) is 1. The predicted molar refractivity (Wildman–Crippen MR) is 31.5 cm³/mol. The highest BCUT2D eigenvalue weighted by Crippen LogP contribution is 1.94. The summed E-state index contributed by atoms with van der Waals surface area (Å²) in [7, 11) is 0. The Kier molecular flexibility index (Phi) is 1.48. The number of hydrogen-bond acceptors (Lipinski definition) is 2. The fourth-order valence-corrected chi connectivity index (χ4v) is 0.605. The summed E-state index contributed by atoms with van der Waals surface area (Å²) >= 11 is 0. The molecule has 9 heavy (non-hydrogen) atoms. The van der Waals surface area contributed by atoms with E-state index in [1.165, 1.54) is 0 Å². The van der Waals surface area contributed by atoms with Crippen LogP contribution in [0.2, 0.25) is 0 Å². The third-order valence-electron chi connectivity index (χ3n) is 0.962. The standard InChI is InChI=1S/C5H6N2O2/c8-7(9)4-5-2-1-3-6-5/h1-3,6H,4H2. The summed E-state index contributed by atoms with van der Waals surface area (Å²) in [5.74, 6) is 0. The molecule has 0 radical (unpaired) electrons. The Morgan fingerprint density at radius 3 is 3.00 bits per heavy atom. The summed E-state index contributed by atoms with van der Waals surface area (Å²) in [5, 5.41) is 9.85. The smallest absolute Gasteiger partial charge is 0.243 e. The zero-order valence-corrected chi connectivity index (χ0v) is 4.70. The highest BCUT2D eigenvalue weighted by molar-refractivity contribution is 5.01. The average molecular weight is 126 g/mol. The van der Waals surface area contributed by atoms with Crippen molar-refractivity contribution < 1.29 is 4.92 Å². The van der Waals surface area contributed by atoms with E-state index >= 15 is 0 Å². The first-order chi connectivity index (χ1) is 4.29. The quantitative estimate of drug-likeness (QED) is 0.470. The normalized spacial score (nSPS) is 9.33. The molecule has 0 spiro atoms. The summed E-state index contributed by atoms with van der Waals surface area (Å²) in [6.45, 7) is -0.118. The minimum Gasteiger partial charge on any atom is -0.360 e. The van der Waals surface area contributed by atoms with Crippen molar-refractivity contribution in [3.05, 3.63) is 34.1 Å². The van der Waals surface area contributed by atoms with Gasteiger partial charge in [-0.2, -0.15) is 0 Å². The summed E-state index contributed by atoms with van der Waals surface area (Å²) < 4.78 is 0. The van der Waals surface area contributed by atoms with Crippen LogP contribution < -0.4 is 0 Å². The minimum atomic E-state index is -0.369. The van der Waals surface area contributed by atoms with Crippen LogP contribution in [0.4, 0.5) is 0 Å². The molecule has 0 saturated carbocycles. The molecule has 1 heterocycles. The van der Waals surface area contributed by atoms with Gasteiger partial charge < -0.3 is 4.98 Å². The lowest BCUT2D eigenvalue weighted by molar-refractivity contribution is -0.497. The van der Waals surface area contributed by atoms with Gasteiger partial charge in [0.05, 0.1) is 5.69 Å². The van der Waals surface area contributed by atoms with Crippen molar-refractivity contribution in [3.8, 4) is 0 Å². The van der Waals surface area contributed by atoms with Gasteiger partial charge in [0.25, 0.3) is 0 Å². The lowest BCUT2D eigenvalue weighted by Gasteiger charge is -1.85. The van der Waals surface area contributed by atoms with Crippen LogP contribution in [0, 0.1) is 10.1 Å². The summed E-state index contributed by atoms with van der Waals surface area (Å²) in [6, 6.07) is 3.42. The topological polar surface area (TPSA) is 58.9 Å². The lowest BCUT2D eigenvalue weighted by Crippen LogP contribution is -1.97. The van der Waals surface area contributed by atoms with Gasteiger partial charge in [0.15, 0.2) is 0 Å². The van der Waals surface area contributed by atoms with Crippen LogP contribution in [-0.2, 0) is 6.54 Å². The summed E-state index contributed by atoms with van der Waals surface area (Å²) in [6.07, 6.45) is 1.67. The molecule has 4 heteroatoms. The van der Waals surface area contributed by atoms with Gasteiger partial charge >= 0.3 is 0 Å². The Balaban J connectivity index is 2.58. The first kappa shape index (κ1) is 5.81. The highest BCUT2D eigenvalue weighted by atomic mass is 16.6. The van der Waals surface area contributed by atoms with Crippen LogP contribution >= 0.6 is 0 Å². The molecule has 0 aliphatic carbocycles. The number of H-pyrrole nitrogens is 1. The predicted octanol–water partition coefficient (Wildman–Crippen LogP) is 0.791. The Labute approximate surface area is 51.7 Å². The average Bonchev–Trinajstić information content (AvgIpc) is 2.15. The van der Waals surface area contributed by atoms with Crippen molar-refractivity contribution in [3.63, 3.8) is 0 Å². The monoisotopic (exact) mass is 126 g/mol. The molecule has 1 N–H and O–H groups in total. The van der Waals surface area contributed by atoms with Gasteiger partial charge in [-0.05, 0) is 12.1 Å². The second-order valence-electron chi connectivity index (χ2n) is 1.69. The molecule has 4 nitrogen and oxygen atoms in total. The molecule has 0 bridgehead atoms. The van der Waals surface area contributed by atoms with Crippen LogP contribution in [0.25, 0.3) is 0 Å². The van der Waals surface area contributed by atoms with Crippen molar-refractivity contribution in [2.75, 3.05) is 0 Å². The number of hydrogen-bond donors (Lipinski definition) is 1. The van der Waals surface area contributed by atoms with E-state index in [-0.39, 0.29) is 11.5 Å². The second kappa shape index (κ2) is 2.30. The van der Waals surface area contributed by atoms with Gasteiger partial charge in [0.2, 0.25) is 6.54 Å². The van der Waals surface area contributed by atoms with E-state index in [2.05, 4.69) is 4.98 Å². The molecule has 0 saturated heterocycles.